The molecule has 0 unspecified atom stereocenters. The molecule has 76 valence electrons. The van der Waals surface area contributed by atoms with Crippen LogP contribution in [0.3, 0.4) is 0 Å². The van der Waals surface area contributed by atoms with Gasteiger partial charge in [-0.15, -0.1) is 0 Å². The van der Waals surface area contributed by atoms with Crippen molar-refractivity contribution in [2.45, 2.75) is 27.7 Å². The van der Waals surface area contributed by atoms with Gasteiger partial charge in [-0.1, -0.05) is 13.8 Å². The van der Waals surface area contributed by atoms with Crippen LogP contribution in [0.2, 0.25) is 0 Å². The minimum Gasteiger partial charge on any atom is -0.302 e. The van der Waals surface area contributed by atoms with Crippen molar-refractivity contribution in [1.29, 1.82) is 0 Å². The van der Waals surface area contributed by atoms with Crippen LogP contribution in [-0.4, -0.2) is 9.38 Å². The minimum atomic E-state index is -0.231. The minimum absolute atomic E-state index is 0.231. The first-order valence-electron chi connectivity index (χ1n) is 4.79. The number of halogens is 1. The second-order valence-corrected chi connectivity index (χ2v) is 2.91. The Balaban J connectivity index is 0.000000461. The number of nitrogens with zero attached hydrogens (tertiary/aromatic N) is 2. The van der Waals surface area contributed by atoms with Gasteiger partial charge in [-0.05, 0) is 25.5 Å². The predicted octanol–water partition coefficient (Wildman–Crippen LogP) is 3.12. The molecule has 0 radical (unpaired) electrons. The molecule has 0 aliphatic carbocycles. The van der Waals surface area contributed by atoms with Crippen LogP contribution in [-0.2, 0) is 0 Å². The zero-order valence-corrected chi connectivity index (χ0v) is 9.00. The lowest BCUT2D eigenvalue weighted by Crippen LogP contribution is -1.92. The number of rotatable bonds is 0. The van der Waals surface area contributed by atoms with E-state index in [-0.39, 0.29) is 5.82 Å². The van der Waals surface area contributed by atoms with E-state index in [1.165, 1.54) is 0 Å². The zero-order chi connectivity index (χ0) is 10.7. The van der Waals surface area contributed by atoms with Crippen molar-refractivity contribution in [3.63, 3.8) is 0 Å². The van der Waals surface area contributed by atoms with Crippen molar-refractivity contribution in [3.8, 4) is 0 Å². The summed E-state index contributed by atoms with van der Waals surface area (Å²) in [6.07, 6.45) is 3.49. The third-order valence-electron chi connectivity index (χ3n) is 2.00. The van der Waals surface area contributed by atoms with Crippen molar-refractivity contribution in [2.75, 3.05) is 0 Å². The summed E-state index contributed by atoms with van der Waals surface area (Å²) in [6.45, 7) is 7.63. The first-order valence-corrected chi connectivity index (χ1v) is 4.79. The van der Waals surface area contributed by atoms with Crippen LogP contribution in [0.15, 0.2) is 18.5 Å². The number of pyridine rings is 1. The van der Waals surface area contributed by atoms with E-state index in [2.05, 4.69) is 4.98 Å². The molecule has 0 aliphatic heterocycles. The Morgan fingerprint density at radius 1 is 1.29 bits per heavy atom. The van der Waals surface area contributed by atoms with Gasteiger partial charge < -0.3 is 4.40 Å². The summed E-state index contributed by atoms with van der Waals surface area (Å²) in [4.78, 5) is 3.97. The van der Waals surface area contributed by atoms with E-state index in [1.807, 2.05) is 27.0 Å². The van der Waals surface area contributed by atoms with Gasteiger partial charge in [0.15, 0.2) is 11.5 Å². The molecule has 0 bridgehead atoms. The fraction of sp³-hybridized carbons (Fsp3) is 0.364. The molecular weight excluding hydrogens is 179 g/mol. The van der Waals surface area contributed by atoms with Crippen molar-refractivity contribution in [3.05, 3.63) is 35.5 Å². The topological polar surface area (TPSA) is 17.3 Å². The molecule has 2 aromatic heterocycles. The molecule has 0 fully saturated rings. The Bertz CT molecular complexity index is 432. The smallest absolute Gasteiger partial charge is 0.173 e. The van der Waals surface area contributed by atoms with Crippen LogP contribution in [0.25, 0.3) is 5.65 Å². The van der Waals surface area contributed by atoms with Crippen molar-refractivity contribution in [2.24, 2.45) is 0 Å². The molecule has 3 heteroatoms. The lowest BCUT2D eigenvalue weighted by Gasteiger charge is -1.99. The van der Waals surface area contributed by atoms with Crippen LogP contribution in [0.1, 0.15) is 25.1 Å². The Hall–Kier alpha value is -1.38. The Morgan fingerprint density at radius 2 is 1.93 bits per heavy atom. The first kappa shape index (κ1) is 10.7. The molecule has 14 heavy (non-hydrogen) atoms. The fourth-order valence-electron chi connectivity index (χ4n) is 1.23. The van der Waals surface area contributed by atoms with Gasteiger partial charge in [0.1, 0.15) is 0 Å². The lowest BCUT2D eigenvalue weighted by molar-refractivity contribution is 0.620. The van der Waals surface area contributed by atoms with E-state index >= 15 is 0 Å². The van der Waals surface area contributed by atoms with Crippen LogP contribution >= 0.6 is 0 Å². The van der Waals surface area contributed by atoms with Crippen LogP contribution < -0.4 is 0 Å². The molecule has 0 saturated carbocycles. The molecule has 2 nitrogen and oxygen atoms in total. The van der Waals surface area contributed by atoms with Gasteiger partial charge in [0, 0.05) is 18.1 Å². The lowest BCUT2D eigenvalue weighted by atomic mass is 10.3. The van der Waals surface area contributed by atoms with E-state index in [0.717, 1.165) is 5.69 Å². The van der Waals surface area contributed by atoms with Crippen molar-refractivity contribution < 1.29 is 4.39 Å². The molecule has 2 aromatic rings. The van der Waals surface area contributed by atoms with Gasteiger partial charge in [-0.25, -0.2) is 9.37 Å². The van der Waals surface area contributed by atoms with Gasteiger partial charge in [0.25, 0.3) is 0 Å². The van der Waals surface area contributed by atoms with Gasteiger partial charge in [0.05, 0.1) is 0 Å². The van der Waals surface area contributed by atoms with Gasteiger partial charge in [-0.3, -0.25) is 0 Å². The number of imidazole rings is 1. The van der Waals surface area contributed by atoms with Gasteiger partial charge >= 0.3 is 0 Å². The molecule has 0 amide bonds. The maximum absolute atomic E-state index is 13.3. The van der Waals surface area contributed by atoms with E-state index in [9.17, 15) is 4.39 Å². The Kier molecular flexibility index (Phi) is 3.23. The summed E-state index contributed by atoms with van der Waals surface area (Å²) in [5.41, 5.74) is 1.99. The van der Waals surface area contributed by atoms with E-state index in [0.29, 0.717) is 11.2 Å². The number of fused-ring (bicyclic) bond motifs is 1. The molecule has 2 heterocycles. The highest BCUT2D eigenvalue weighted by Gasteiger charge is 2.06. The van der Waals surface area contributed by atoms with E-state index in [1.54, 1.807) is 23.6 Å². The number of aromatic nitrogens is 2. The molecule has 0 atom stereocenters. The van der Waals surface area contributed by atoms with Crippen molar-refractivity contribution in [1.82, 2.24) is 9.38 Å². The highest BCUT2D eigenvalue weighted by molar-refractivity contribution is 5.44. The third-order valence-corrected chi connectivity index (χ3v) is 2.00. The monoisotopic (exact) mass is 194 g/mol. The van der Waals surface area contributed by atoms with Gasteiger partial charge in [-0.2, -0.15) is 0 Å². The molecular formula is C11H15FN2. The first-order chi connectivity index (χ1) is 6.70. The standard InChI is InChI=1S/C9H9FN2.C2H6/c1-6-3-4-12-7(2)5-11-9(12)8(6)10;1-2/h3-5H,1-2H3;1-2H3. The summed E-state index contributed by atoms with van der Waals surface area (Å²) in [7, 11) is 0. The average Bonchev–Trinajstić information content (AvgIpc) is 2.58. The number of aryl methyl sites for hydroxylation is 2. The SMILES string of the molecule is CC.Cc1ccn2c(C)cnc2c1F. The third kappa shape index (κ3) is 1.62. The van der Waals surface area contributed by atoms with Crippen LogP contribution in [0.5, 0.6) is 0 Å². The number of hydrogen-bond acceptors (Lipinski definition) is 1. The summed E-state index contributed by atoms with van der Waals surface area (Å²) < 4.78 is 15.1. The molecule has 0 spiro atoms. The van der Waals surface area contributed by atoms with E-state index in [4.69, 9.17) is 0 Å². The Labute approximate surface area is 83.4 Å². The summed E-state index contributed by atoms with van der Waals surface area (Å²) in [5, 5.41) is 0. The number of hydrogen-bond donors (Lipinski definition) is 0. The molecule has 0 aromatic carbocycles. The summed E-state index contributed by atoms with van der Waals surface area (Å²) in [6, 6.07) is 1.75. The Morgan fingerprint density at radius 3 is 2.57 bits per heavy atom. The summed E-state index contributed by atoms with van der Waals surface area (Å²) >= 11 is 0. The second kappa shape index (κ2) is 4.22. The normalized spacial score (nSPS) is 9.79. The molecule has 0 aliphatic rings. The maximum atomic E-state index is 13.3. The van der Waals surface area contributed by atoms with Crippen LogP contribution in [0.4, 0.5) is 4.39 Å². The zero-order valence-electron chi connectivity index (χ0n) is 9.00. The van der Waals surface area contributed by atoms with Crippen molar-refractivity contribution >= 4 is 5.65 Å². The molecule has 0 N–H and O–H groups in total. The largest absolute Gasteiger partial charge is 0.302 e. The predicted molar refractivity (Wildman–Crippen MR) is 56.0 cm³/mol. The highest BCUT2D eigenvalue weighted by atomic mass is 19.1. The van der Waals surface area contributed by atoms with Gasteiger partial charge in [0.2, 0.25) is 0 Å². The average molecular weight is 194 g/mol. The fourth-order valence-corrected chi connectivity index (χ4v) is 1.23. The molecule has 2 rings (SSSR count). The highest BCUT2D eigenvalue weighted by Crippen LogP contribution is 2.13. The quantitative estimate of drug-likeness (QED) is 0.629. The maximum Gasteiger partial charge on any atom is 0.173 e. The summed E-state index contributed by atoms with van der Waals surface area (Å²) in [5.74, 6) is -0.231. The van der Waals surface area contributed by atoms with Crippen LogP contribution in [0, 0.1) is 19.7 Å². The van der Waals surface area contributed by atoms with E-state index < -0.39 is 0 Å². The second-order valence-electron chi connectivity index (χ2n) is 2.91. The molecule has 0 saturated heterocycles.